The third kappa shape index (κ3) is 3.77. The number of hydrogen-bond acceptors (Lipinski definition) is 3. The molecule has 1 aromatic heterocycles. The van der Waals surface area contributed by atoms with Gasteiger partial charge in [0.25, 0.3) is 0 Å². The smallest absolute Gasteiger partial charge is 0.0547 e. The quantitative estimate of drug-likeness (QED) is 0.887. The van der Waals surface area contributed by atoms with Crippen molar-refractivity contribution in [2.75, 3.05) is 13.1 Å². The molecule has 19 heavy (non-hydrogen) atoms. The van der Waals surface area contributed by atoms with E-state index in [1.165, 1.54) is 5.69 Å². The minimum atomic E-state index is 0.289. The Hall–Kier alpha value is -0.930. The Morgan fingerprint density at radius 1 is 1.37 bits per heavy atom. The number of rotatable bonds is 2. The third-order valence-corrected chi connectivity index (χ3v) is 3.92. The Bertz CT molecular complexity index is 422. The second-order valence-electron chi connectivity index (χ2n) is 6.89. The minimum absolute atomic E-state index is 0.289. The number of nitrogens with zero attached hydrogens (tertiary/aromatic N) is 2. The van der Waals surface area contributed by atoms with Crippen LogP contribution in [-0.4, -0.2) is 35.1 Å². The lowest BCUT2D eigenvalue weighted by atomic mass is 9.84. The average molecular weight is 261 g/mol. The zero-order valence-electron chi connectivity index (χ0n) is 12.9. The van der Waals surface area contributed by atoms with Crippen LogP contribution in [0, 0.1) is 12.3 Å². The van der Waals surface area contributed by atoms with E-state index in [1.54, 1.807) is 0 Å². The molecule has 0 spiro atoms. The lowest BCUT2D eigenvalue weighted by Gasteiger charge is -2.45. The lowest BCUT2D eigenvalue weighted by molar-refractivity contribution is 0.0516. The van der Waals surface area contributed by atoms with Crippen molar-refractivity contribution in [2.24, 2.45) is 5.41 Å². The summed E-state index contributed by atoms with van der Waals surface area (Å²) >= 11 is 0. The zero-order chi connectivity index (χ0) is 14.0. The van der Waals surface area contributed by atoms with Gasteiger partial charge in [0, 0.05) is 37.4 Å². The van der Waals surface area contributed by atoms with Crippen LogP contribution in [0.3, 0.4) is 0 Å². The molecule has 1 aromatic rings. The summed E-state index contributed by atoms with van der Waals surface area (Å²) in [5, 5.41) is 3.60. The van der Waals surface area contributed by atoms with Gasteiger partial charge < -0.3 is 5.32 Å². The van der Waals surface area contributed by atoms with Crippen molar-refractivity contribution < 1.29 is 0 Å². The first-order valence-electron chi connectivity index (χ1n) is 7.26. The Morgan fingerprint density at radius 3 is 2.74 bits per heavy atom. The molecule has 3 heteroatoms. The Kier molecular flexibility index (Phi) is 4.26. The van der Waals surface area contributed by atoms with E-state index in [4.69, 9.17) is 0 Å². The number of piperazine rings is 1. The molecule has 0 aromatic carbocycles. The van der Waals surface area contributed by atoms with Gasteiger partial charge >= 0.3 is 0 Å². The Labute approximate surface area is 117 Å². The van der Waals surface area contributed by atoms with Gasteiger partial charge in [-0.15, -0.1) is 0 Å². The molecule has 1 saturated heterocycles. The first-order chi connectivity index (χ1) is 8.86. The SMILES string of the molecule is Cc1cccc(CN2CC(C)NCC2C(C)(C)C)n1. The van der Waals surface area contributed by atoms with Crippen LogP contribution in [0.25, 0.3) is 0 Å². The van der Waals surface area contributed by atoms with Crippen LogP contribution < -0.4 is 5.32 Å². The summed E-state index contributed by atoms with van der Waals surface area (Å²) < 4.78 is 0. The Balaban J connectivity index is 2.14. The van der Waals surface area contributed by atoms with E-state index >= 15 is 0 Å². The fraction of sp³-hybridized carbons (Fsp3) is 0.688. The average Bonchev–Trinajstić information content (AvgIpc) is 2.27. The van der Waals surface area contributed by atoms with Crippen molar-refractivity contribution in [2.45, 2.75) is 53.2 Å². The van der Waals surface area contributed by atoms with Gasteiger partial charge in [-0.1, -0.05) is 26.8 Å². The number of aromatic nitrogens is 1. The topological polar surface area (TPSA) is 28.2 Å². The standard InChI is InChI=1S/C16H27N3/c1-12-7-6-8-14(18-12)11-19-10-13(2)17-9-15(19)16(3,4)5/h6-8,13,15,17H,9-11H2,1-5H3. The fourth-order valence-corrected chi connectivity index (χ4v) is 2.91. The monoisotopic (exact) mass is 261 g/mol. The van der Waals surface area contributed by atoms with Crippen LogP contribution >= 0.6 is 0 Å². The summed E-state index contributed by atoms with van der Waals surface area (Å²) in [5.41, 5.74) is 2.58. The predicted molar refractivity (Wildman–Crippen MR) is 80.1 cm³/mol. The number of nitrogens with one attached hydrogen (secondary N) is 1. The largest absolute Gasteiger partial charge is 0.311 e. The van der Waals surface area contributed by atoms with Crippen LogP contribution in [0.1, 0.15) is 39.1 Å². The van der Waals surface area contributed by atoms with Crippen LogP contribution in [0.5, 0.6) is 0 Å². The fourth-order valence-electron chi connectivity index (χ4n) is 2.91. The van der Waals surface area contributed by atoms with E-state index in [9.17, 15) is 0 Å². The van der Waals surface area contributed by atoms with Crippen molar-refractivity contribution in [1.82, 2.24) is 15.2 Å². The van der Waals surface area contributed by atoms with Crippen LogP contribution in [0.2, 0.25) is 0 Å². The molecule has 106 valence electrons. The van der Waals surface area contributed by atoms with Crippen LogP contribution in [0.4, 0.5) is 0 Å². The molecule has 1 aliphatic rings. The number of hydrogen-bond donors (Lipinski definition) is 1. The summed E-state index contributed by atoms with van der Waals surface area (Å²) in [4.78, 5) is 7.23. The number of aryl methyl sites for hydroxylation is 1. The van der Waals surface area contributed by atoms with Crippen molar-refractivity contribution in [1.29, 1.82) is 0 Å². The predicted octanol–water partition coefficient (Wildman–Crippen LogP) is 2.60. The molecule has 0 aliphatic carbocycles. The molecule has 0 saturated carbocycles. The zero-order valence-corrected chi connectivity index (χ0v) is 12.9. The van der Waals surface area contributed by atoms with Gasteiger partial charge in [-0.05, 0) is 31.4 Å². The van der Waals surface area contributed by atoms with Gasteiger partial charge in [0.05, 0.1) is 5.69 Å². The maximum atomic E-state index is 4.65. The van der Waals surface area contributed by atoms with Gasteiger partial charge in [-0.25, -0.2) is 0 Å². The highest BCUT2D eigenvalue weighted by atomic mass is 15.2. The van der Waals surface area contributed by atoms with Gasteiger partial charge in [0.2, 0.25) is 0 Å². The molecule has 2 atom stereocenters. The van der Waals surface area contributed by atoms with E-state index in [2.05, 4.69) is 68.0 Å². The maximum absolute atomic E-state index is 4.65. The van der Waals surface area contributed by atoms with Crippen molar-refractivity contribution in [3.63, 3.8) is 0 Å². The minimum Gasteiger partial charge on any atom is -0.311 e. The molecule has 3 nitrogen and oxygen atoms in total. The number of pyridine rings is 1. The summed E-state index contributed by atoms with van der Waals surface area (Å²) in [5.74, 6) is 0. The second kappa shape index (κ2) is 5.59. The van der Waals surface area contributed by atoms with E-state index in [0.29, 0.717) is 12.1 Å². The lowest BCUT2D eigenvalue weighted by Crippen LogP contribution is -2.59. The maximum Gasteiger partial charge on any atom is 0.0547 e. The highest BCUT2D eigenvalue weighted by molar-refractivity contribution is 5.10. The molecule has 0 amide bonds. The molecular formula is C16H27N3. The highest BCUT2D eigenvalue weighted by Crippen LogP contribution is 2.27. The summed E-state index contributed by atoms with van der Waals surface area (Å²) in [7, 11) is 0. The van der Waals surface area contributed by atoms with Crippen LogP contribution in [0.15, 0.2) is 18.2 Å². The summed E-state index contributed by atoms with van der Waals surface area (Å²) in [6.07, 6.45) is 0. The van der Waals surface area contributed by atoms with Crippen molar-refractivity contribution >= 4 is 0 Å². The Morgan fingerprint density at radius 2 is 2.11 bits per heavy atom. The van der Waals surface area contributed by atoms with E-state index in [0.717, 1.165) is 25.3 Å². The summed E-state index contributed by atoms with van der Waals surface area (Å²) in [6, 6.07) is 7.43. The van der Waals surface area contributed by atoms with Crippen LogP contribution in [-0.2, 0) is 6.54 Å². The van der Waals surface area contributed by atoms with Gasteiger partial charge in [0.15, 0.2) is 0 Å². The van der Waals surface area contributed by atoms with E-state index < -0.39 is 0 Å². The first-order valence-corrected chi connectivity index (χ1v) is 7.26. The molecule has 0 bridgehead atoms. The van der Waals surface area contributed by atoms with Crippen molar-refractivity contribution in [3.8, 4) is 0 Å². The van der Waals surface area contributed by atoms with Gasteiger partial charge in [-0.3, -0.25) is 9.88 Å². The normalized spacial score (nSPS) is 25.5. The summed E-state index contributed by atoms with van der Waals surface area (Å²) in [6.45, 7) is 14.4. The third-order valence-electron chi connectivity index (χ3n) is 3.92. The molecule has 1 fully saturated rings. The van der Waals surface area contributed by atoms with Crippen molar-refractivity contribution in [3.05, 3.63) is 29.6 Å². The first kappa shape index (κ1) is 14.5. The molecule has 2 unspecified atom stereocenters. The molecule has 1 aliphatic heterocycles. The van der Waals surface area contributed by atoms with E-state index in [-0.39, 0.29) is 5.41 Å². The molecule has 2 rings (SSSR count). The second-order valence-corrected chi connectivity index (χ2v) is 6.89. The van der Waals surface area contributed by atoms with E-state index in [1.807, 2.05) is 0 Å². The van der Waals surface area contributed by atoms with Gasteiger partial charge in [-0.2, -0.15) is 0 Å². The molecule has 2 heterocycles. The molecule has 1 N–H and O–H groups in total. The highest BCUT2D eigenvalue weighted by Gasteiger charge is 2.34. The molecular weight excluding hydrogens is 234 g/mol. The van der Waals surface area contributed by atoms with Gasteiger partial charge in [0.1, 0.15) is 0 Å². The molecule has 0 radical (unpaired) electrons.